The van der Waals surface area contributed by atoms with Gasteiger partial charge >= 0.3 is 22.4 Å². The molecule has 0 bridgehead atoms. The minimum Gasteiger partial charge on any atom is -0.545 e. The molecule has 0 aliphatic heterocycles. The van der Waals surface area contributed by atoms with Gasteiger partial charge in [0.25, 0.3) is 5.91 Å². The number of rotatable bonds is 3. The second kappa shape index (κ2) is 9.00. The summed E-state index contributed by atoms with van der Waals surface area (Å²) in [5.74, 6) is -2.18. The molecule has 2 N–H and O–H groups in total. The van der Waals surface area contributed by atoms with Gasteiger partial charge in [0.2, 0.25) is 5.91 Å². The Morgan fingerprint density at radius 3 is 1.86 bits per heavy atom. The summed E-state index contributed by atoms with van der Waals surface area (Å²) in [5, 5.41) is 16.3. The molecule has 10 heteroatoms. The van der Waals surface area contributed by atoms with Gasteiger partial charge in [0.15, 0.2) is 0 Å². The van der Waals surface area contributed by atoms with Crippen LogP contribution in [-0.2, 0) is 27.2 Å². The second-order valence-electron chi connectivity index (χ2n) is 3.61. The third-order valence-corrected chi connectivity index (χ3v) is 5.51. The Hall–Kier alpha value is 0.560. The molecule has 0 heterocycles. The largest absolute Gasteiger partial charge is 1.00 e. The molecular formula is C11H8AgI3N2O4. The normalized spacial score (nSPS) is 9.57. The Kier molecular flexibility index (Phi) is 9.24. The molecule has 0 saturated heterocycles. The van der Waals surface area contributed by atoms with Crippen molar-refractivity contribution in [1.82, 2.24) is 5.32 Å². The third kappa shape index (κ3) is 4.76. The van der Waals surface area contributed by atoms with Crippen molar-refractivity contribution in [3.8, 4) is 0 Å². The number of carbonyl (C=O) groups is 3. The Morgan fingerprint density at radius 1 is 1.00 bits per heavy atom. The standard InChI is InChI=1S/C11H9I3N2O4.Ag/c1-3(17)16-9-7(13)4(10(18)15-2)6(12)5(8(9)14)11(19)20;/h1-2H3,(H,15,18)(H,16,17)(H,19,20);/q;+1/p-1. The van der Waals surface area contributed by atoms with Crippen LogP contribution in [0.4, 0.5) is 5.69 Å². The van der Waals surface area contributed by atoms with Gasteiger partial charge in [0.05, 0.1) is 20.8 Å². The minimum atomic E-state index is -1.40. The molecule has 0 unspecified atom stereocenters. The molecule has 1 rings (SSSR count). The van der Waals surface area contributed by atoms with Crippen LogP contribution < -0.4 is 15.7 Å². The Balaban J connectivity index is 0.00000400. The molecule has 0 fully saturated rings. The van der Waals surface area contributed by atoms with Crippen LogP contribution in [0.2, 0.25) is 0 Å². The summed E-state index contributed by atoms with van der Waals surface area (Å²) in [6, 6.07) is 0. The number of carboxylic acids is 1. The van der Waals surface area contributed by atoms with Crippen LogP contribution in [0.1, 0.15) is 27.6 Å². The van der Waals surface area contributed by atoms with E-state index in [0.29, 0.717) is 12.8 Å². The van der Waals surface area contributed by atoms with Gasteiger partial charge in [-0.3, -0.25) is 9.59 Å². The van der Waals surface area contributed by atoms with Crippen LogP contribution in [0.25, 0.3) is 0 Å². The predicted molar refractivity (Wildman–Crippen MR) is 96.6 cm³/mol. The number of carbonyl (C=O) groups excluding carboxylic acids is 3. The van der Waals surface area contributed by atoms with Crippen LogP contribution in [-0.4, -0.2) is 24.8 Å². The average Bonchev–Trinajstić information content (AvgIpc) is 2.33. The van der Waals surface area contributed by atoms with E-state index in [1.807, 2.05) is 45.2 Å². The molecule has 0 radical (unpaired) electrons. The number of anilines is 1. The van der Waals surface area contributed by atoms with E-state index in [1.165, 1.54) is 14.0 Å². The van der Waals surface area contributed by atoms with Crippen molar-refractivity contribution in [2.24, 2.45) is 0 Å². The first-order valence-electron chi connectivity index (χ1n) is 5.13. The number of halogens is 3. The van der Waals surface area contributed by atoms with Gasteiger partial charge in [-0.15, -0.1) is 0 Å². The summed E-state index contributed by atoms with van der Waals surface area (Å²) < 4.78 is 1.10. The fourth-order valence-corrected chi connectivity index (χ4v) is 5.82. The fourth-order valence-electron chi connectivity index (χ4n) is 1.45. The van der Waals surface area contributed by atoms with Gasteiger partial charge in [-0.1, -0.05) is 0 Å². The molecule has 2 amide bonds. The maximum Gasteiger partial charge on any atom is 1.00 e. The smallest absolute Gasteiger partial charge is 0.545 e. The number of benzene rings is 1. The Bertz CT molecular complexity index is 622. The first kappa shape index (κ1) is 21.6. The number of hydrogen-bond acceptors (Lipinski definition) is 4. The van der Waals surface area contributed by atoms with Crippen molar-refractivity contribution in [1.29, 1.82) is 0 Å². The van der Waals surface area contributed by atoms with Crippen LogP contribution in [0, 0.1) is 10.7 Å². The number of nitrogens with one attached hydrogen (secondary N) is 2. The monoisotopic (exact) mass is 720 g/mol. The van der Waals surface area contributed by atoms with Crippen LogP contribution in [0.15, 0.2) is 0 Å². The molecule has 0 saturated carbocycles. The molecule has 0 spiro atoms. The zero-order valence-corrected chi connectivity index (χ0v) is 18.5. The van der Waals surface area contributed by atoms with Crippen LogP contribution in [0.5, 0.6) is 0 Å². The average molecular weight is 721 g/mol. The molecule has 1 aromatic carbocycles. The molecule has 0 aliphatic rings. The molecule has 0 aliphatic carbocycles. The van der Waals surface area contributed by atoms with E-state index < -0.39 is 11.9 Å². The number of amides is 2. The zero-order valence-electron chi connectivity index (χ0n) is 10.6. The molecular weight excluding hydrogens is 713 g/mol. The second-order valence-corrected chi connectivity index (χ2v) is 6.85. The summed E-state index contributed by atoms with van der Waals surface area (Å²) in [7, 11) is 1.45. The van der Waals surface area contributed by atoms with Crippen LogP contribution in [0.3, 0.4) is 0 Å². The molecule has 21 heavy (non-hydrogen) atoms. The van der Waals surface area contributed by atoms with Crippen molar-refractivity contribution >= 4 is 91.2 Å². The first-order valence-corrected chi connectivity index (χ1v) is 8.37. The van der Waals surface area contributed by atoms with E-state index in [4.69, 9.17) is 0 Å². The predicted octanol–water partition coefficient (Wildman–Crippen LogP) is 1.18. The Morgan fingerprint density at radius 2 is 1.48 bits per heavy atom. The minimum absolute atomic E-state index is 0. The summed E-state index contributed by atoms with van der Waals surface area (Å²) >= 11 is 5.51. The Labute approximate surface area is 177 Å². The van der Waals surface area contributed by atoms with E-state index in [9.17, 15) is 19.5 Å². The van der Waals surface area contributed by atoms with E-state index in [-0.39, 0.29) is 43.0 Å². The van der Waals surface area contributed by atoms with Gasteiger partial charge in [0.1, 0.15) is 0 Å². The van der Waals surface area contributed by atoms with E-state index in [2.05, 4.69) is 10.6 Å². The van der Waals surface area contributed by atoms with Crippen LogP contribution >= 0.6 is 67.8 Å². The summed E-state index contributed by atoms with van der Waals surface area (Å²) in [5.41, 5.74) is 0.406. The van der Waals surface area contributed by atoms with Gasteiger partial charge in [-0.05, 0) is 67.8 Å². The molecule has 0 aromatic heterocycles. The van der Waals surface area contributed by atoms with Gasteiger partial charge < -0.3 is 20.5 Å². The van der Waals surface area contributed by atoms with E-state index >= 15 is 0 Å². The van der Waals surface area contributed by atoms with Crippen molar-refractivity contribution in [3.05, 3.63) is 21.8 Å². The van der Waals surface area contributed by atoms with Crippen molar-refractivity contribution in [2.45, 2.75) is 6.92 Å². The van der Waals surface area contributed by atoms with Crippen molar-refractivity contribution in [3.63, 3.8) is 0 Å². The van der Waals surface area contributed by atoms with Crippen molar-refractivity contribution in [2.75, 3.05) is 12.4 Å². The molecule has 118 valence electrons. The van der Waals surface area contributed by atoms with Gasteiger partial charge in [-0.25, -0.2) is 0 Å². The summed E-state index contributed by atoms with van der Waals surface area (Å²) in [4.78, 5) is 34.5. The van der Waals surface area contributed by atoms with Gasteiger partial charge in [0, 0.05) is 26.7 Å². The summed E-state index contributed by atoms with van der Waals surface area (Å²) in [6.45, 7) is 1.31. The van der Waals surface area contributed by atoms with Gasteiger partial charge in [-0.2, -0.15) is 0 Å². The van der Waals surface area contributed by atoms with Crippen molar-refractivity contribution < 1.29 is 41.9 Å². The number of hydrogen-bond donors (Lipinski definition) is 2. The summed E-state index contributed by atoms with van der Waals surface area (Å²) in [6.07, 6.45) is 0. The molecule has 6 nitrogen and oxygen atoms in total. The number of aromatic carboxylic acids is 1. The first-order chi connectivity index (χ1) is 9.22. The molecule has 0 atom stereocenters. The van der Waals surface area contributed by atoms with E-state index in [1.54, 1.807) is 22.6 Å². The zero-order chi connectivity index (χ0) is 15.6. The third-order valence-electron chi connectivity index (χ3n) is 2.28. The number of carboxylic acid groups (broad SMARTS) is 1. The fraction of sp³-hybridized carbons (Fsp3) is 0.182. The SMILES string of the molecule is CNC(=O)c1c(I)c(NC(C)=O)c(I)c(C(=O)[O-])c1I.[Ag+]. The molecule has 1 aromatic rings. The van der Waals surface area contributed by atoms with E-state index in [0.717, 1.165) is 0 Å². The maximum atomic E-state index is 11.9. The topological polar surface area (TPSA) is 98.3 Å². The maximum absolute atomic E-state index is 11.9. The quantitative estimate of drug-likeness (QED) is 0.363.